The highest BCUT2D eigenvalue weighted by Gasteiger charge is 2.64. The number of allylic oxidation sites excluding steroid dienone is 1. The third-order valence-electron chi connectivity index (χ3n) is 12.9. The molecule has 0 amide bonds. The van der Waals surface area contributed by atoms with Crippen LogP contribution in [0.25, 0.3) is 0 Å². The van der Waals surface area contributed by atoms with Crippen LogP contribution in [0.2, 0.25) is 5.02 Å². The first-order chi connectivity index (χ1) is 19.7. The van der Waals surface area contributed by atoms with E-state index in [2.05, 4.69) is 66.6 Å². The zero-order chi connectivity index (χ0) is 28.5. The van der Waals surface area contributed by atoms with Gasteiger partial charge in [0.2, 0.25) is 6.33 Å². The number of halogens is 2. The van der Waals surface area contributed by atoms with Gasteiger partial charge in [-0.05, 0) is 123 Å². The van der Waals surface area contributed by atoms with Crippen LogP contribution in [0, 0.1) is 40.4 Å². The number of rotatable bonds is 6. The fourth-order valence-electron chi connectivity index (χ4n) is 10.6. The number of aliphatic hydroxyl groups is 1. The maximum Gasteiger partial charge on any atom is 0.265 e. The van der Waals surface area contributed by atoms with Crippen molar-refractivity contribution in [1.29, 1.82) is 0 Å². The fraction of sp³-hybridized carbons (Fsp3) is 0.714. The van der Waals surface area contributed by atoms with Gasteiger partial charge in [-0.25, -0.2) is 4.57 Å². The van der Waals surface area contributed by atoms with E-state index in [0.717, 1.165) is 55.0 Å². The molecule has 1 saturated heterocycles. The van der Waals surface area contributed by atoms with Crippen LogP contribution < -0.4 is 21.5 Å². The number of benzene rings is 1. The van der Waals surface area contributed by atoms with Gasteiger partial charge in [0.25, 0.3) is 6.33 Å². The lowest BCUT2D eigenvalue weighted by Gasteiger charge is -2.58. The molecule has 0 spiro atoms. The molecule has 5 aliphatic rings. The predicted molar refractivity (Wildman–Crippen MR) is 161 cm³/mol. The summed E-state index contributed by atoms with van der Waals surface area (Å²) >= 11 is 6.05. The quantitative estimate of drug-likeness (QED) is 0.375. The van der Waals surface area contributed by atoms with Crippen LogP contribution in [0.1, 0.15) is 97.1 Å². The summed E-state index contributed by atoms with van der Waals surface area (Å²) in [6, 6.07) is 8.39. The lowest BCUT2D eigenvalue weighted by molar-refractivity contribution is -0.689. The molecule has 3 unspecified atom stereocenters. The van der Waals surface area contributed by atoms with Gasteiger partial charge in [0.05, 0.1) is 24.9 Å². The Morgan fingerprint density at radius 3 is 2.74 bits per heavy atom. The van der Waals surface area contributed by atoms with Crippen molar-refractivity contribution < 1.29 is 31.4 Å². The summed E-state index contributed by atoms with van der Waals surface area (Å²) in [5.74, 6) is 3.65. The minimum absolute atomic E-state index is 0. The Labute approximate surface area is 267 Å². The molecule has 0 bridgehead atoms. The van der Waals surface area contributed by atoms with Crippen LogP contribution >= 0.6 is 11.6 Å². The summed E-state index contributed by atoms with van der Waals surface area (Å²) in [6.07, 6.45) is 17.7. The van der Waals surface area contributed by atoms with Crippen molar-refractivity contribution in [3.8, 4) is 0 Å². The Morgan fingerprint density at radius 1 is 1.17 bits per heavy atom. The number of hydrogen-bond donors (Lipinski definition) is 1. The van der Waals surface area contributed by atoms with Gasteiger partial charge in [-0.2, -0.15) is 0 Å². The van der Waals surface area contributed by atoms with Crippen LogP contribution in [0.3, 0.4) is 0 Å². The van der Waals surface area contributed by atoms with Crippen LogP contribution in [0.15, 0.2) is 48.6 Å². The predicted octanol–water partition coefficient (Wildman–Crippen LogP) is 4.17. The maximum atomic E-state index is 10.4. The second-order valence-electron chi connectivity index (χ2n) is 15.0. The normalized spacial score (nSPS) is 41.1. The molecule has 42 heavy (non-hydrogen) atoms. The fourth-order valence-corrected chi connectivity index (χ4v) is 10.8. The maximum absolute atomic E-state index is 10.4. The largest absolute Gasteiger partial charge is 1.00 e. The van der Waals surface area contributed by atoms with E-state index in [1.165, 1.54) is 37.7 Å². The molecule has 1 aliphatic heterocycles. The molecular formula is C35H49BrClN3O2. The molecule has 2 heterocycles. The van der Waals surface area contributed by atoms with E-state index in [4.69, 9.17) is 16.3 Å². The number of aromatic nitrogens is 3. The van der Waals surface area contributed by atoms with Gasteiger partial charge in [0.1, 0.15) is 6.04 Å². The summed E-state index contributed by atoms with van der Waals surface area (Å²) in [6.45, 7) is 10.8. The highest BCUT2D eigenvalue weighted by molar-refractivity contribution is 6.30. The molecule has 7 rings (SSSR count). The molecule has 230 valence electrons. The van der Waals surface area contributed by atoms with Crippen molar-refractivity contribution in [2.45, 2.75) is 116 Å². The highest BCUT2D eigenvalue weighted by Crippen LogP contribution is 2.69. The second-order valence-corrected chi connectivity index (χ2v) is 15.4. The minimum atomic E-state index is -0.122. The number of nitrogens with zero attached hydrogens (tertiary/aromatic N) is 3. The third-order valence-corrected chi connectivity index (χ3v) is 13.1. The molecule has 5 nitrogen and oxygen atoms in total. The van der Waals surface area contributed by atoms with E-state index in [9.17, 15) is 5.11 Å². The standard InChI is InChI=1S/C35H49ClN3O2.BrH/c1-22(39-21-38(20-37-39)19-24-6-9-26(36)10-7-24)5-12-31-23(2)33-32(41-31)18-30-28-11-8-25-17-27(40)13-15-34(25,3)29(28)14-16-35(30,33)4;/h6-10,20-23,27-33,40H,5,11-19H2,1-4H3;1H/q+1;/p-1/t22-,23-,27?,28-,29+,30+,31-,32?,33?,34+,35+;/m1./s1. The lowest BCUT2D eigenvalue weighted by Crippen LogP contribution is -3.00. The average Bonchev–Trinajstić information content (AvgIpc) is 3.63. The summed E-state index contributed by atoms with van der Waals surface area (Å²) in [4.78, 5) is 0. The zero-order valence-corrected chi connectivity index (χ0v) is 28.1. The second kappa shape index (κ2) is 11.6. The molecular weight excluding hydrogens is 610 g/mol. The number of fused-ring (bicyclic) bond motifs is 7. The van der Waals surface area contributed by atoms with Crippen molar-refractivity contribution >= 4 is 11.6 Å². The number of hydrogen-bond acceptors (Lipinski definition) is 3. The van der Waals surface area contributed by atoms with Gasteiger partial charge in [0.15, 0.2) is 0 Å². The van der Waals surface area contributed by atoms with E-state index >= 15 is 0 Å². The van der Waals surface area contributed by atoms with E-state index < -0.39 is 0 Å². The SMILES string of the molecule is C[C@H](CC[C@H]1OC2C[C@H]3[C@@H]4CC=C5CC(O)CC[C@]5(C)[C@H]4CC[C@]3(C)C2[C@@H]1C)n1c[n+](Cc2ccc(Cl)cc2)cn1.[Br-]. The average molecular weight is 659 g/mol. The smallest absolute Gasteiger partial charge is 0.265 e. The van der Waals surface area contributed by atoms with E-state index in [-0.39, 0.29) is 23.1 Å². The van der Waals surface area contributed by atoms with Gasteiger partial charge in [0, 0.05) is 10.1 Å². The first-order valence-corrected chi connectivity index (χ1v) is 16.7. The first-order valence-electron chi connectivity index (χ1n) is 16.4. The Hall–Kier alpha value is -1.21. The summed E-state index contributed by atoms with van der Waals surface area (Å²) in [7, 11) is 0. The summed E-state index contributed by atoms with van der Waals surface area (Å²) in [5.41, 5.74) is 3.51. The monoisotopic (exact) mass is 657 g/mol. The van der Waals surface area contributed by atoms with Gasteiger partial charge in [-0.15, -0.1) is 4.68 Å². The molecule has 2 aromatic rings. The third kappa shape index (κ3) is 5.14. The van der Waals surface area contributed by atoms with Crippen LogP contribution in [-0.2, 0) is 11.3 Å². The molecule has 4 fully saturated rings. The molecule has 7 heteroatoms. The molecule has 1 N–H and O–H groups in total. The van der Waals surface area contributed by atoms with Crippen molar-refractivity contribution in [3.63, 3.8) is 0 Å². The molecule has 11 atom stereocenters. The van der Waals surface area contributed by atoms with Crippen molar-refractivity contribution in [3.05, 3.63) is 59.2 Å². The Kier molecular flexibility index (Phi) is 8.52. The van der Waals surface area contributed by atoms with E-state index in [1.54, 1.807) is 5.57 Å². The van der Waals surface area contributed by atoms with Gasteiger partial charge in [-0.1, -0.05) is 56.2 Å². The van der Waals surface area contributed by atoms with Crippen LogP contribution in [0.4, 0.5) is 0 Å². The van der Waals surface area contributed by atoms with Crippen LogP contribution in [0.5, 0.6) is 0 Å². The molecule has 1 aromatic carbocycles. The Bertz CT molecular complexity index is 1300. The van der Waals surface area contributed by atoms with E-state index in [0.29, 0.717) is 40.9 Å². The Balaban J connectivity index is 0.00000316. The topological polar surface area (TPSA) is 51.2 Å². The van der Waals surface area contributed by atoms with Crippen molar-refractivity contribution in [2.24, 2.45) is 40.4 Å². The van der Waals surface area contributed by atoms with Gasteiger partial charge >= 0.3 is 0 Å². The molecule has 3 saturated carbocycles. The minimum Gasteiger partial charge on any atom is -1.00 e. The first kappa shape index (κ1) is 30.8. The Morgan fingerprint density at radius 2 is 1.95 bits per heavy atom. The van der Waals surface area contributed by atoms with Gasteiger partial charge < -0.3 is 26.8 Å². The molecule has 4 aliphatic carbocycles. The zero-order valence-electron chi connectivity index (χ0n) is 25.8. The van der Waals surface area contributed by atoms with Crippen molar-refractivity contribution in [1.82, 2.24) is 9.78 Å². The van der Waals surface area contributed by atoms with Gasteiger partial charge in [-0.3, -0.25) is 0 Å². The molecule has 1 aromatic heterocycles. The lowest BCUT2D eigenvalue weighted by atomic mass is 9.47. The molecule has 0 radical (unpaired) electrons. The summed E-state index contributed by atoms with van der Waals surface area (Å²) < 4.78 is 11.2. The van der Waals surface area contributed by atoms with Crippen LogP contribution in [-0.4, -0.2) is 33.2 Å². The number of aliphatic hydroxyl groups excluding tert-OH is 1. The summed E-state index contributed by atoms with van der Waals surface area (Å²) in [5, 5.41) is 15.8. The highest BCUT2D eigenvalue weighted by atomic mass is 79.9. The van der Waals surface area contributed by atoms with Crippen molar-refractivity contribution in [2.75, 3.05) is 0 Å². The van der Waals surface area contributed by atoms with E-state index in [1.807, 2.05) is 18.5 Å². The number of ether oxygens (including phenoxy) is 1.